The second kappa shape index (κ2) is 10.6. The molecule has 0 aliphatic carbocycles. The second-order valence-corrected chi connectivity index (χ2v) is 7.54. The van der Waals surface area contributed by atoms with Gasteiger partial charge >= 0.3 is 12.1 Å². The fourth-order valence-corrected chi connectivity index (χ4v) is 3.35. The van der Waals surface area contributed by atoms with E-state index in [0.717, 1.165) is 29.8 Å². The fourth-order valence-electron chi connectivity index (χ4n) is 3.35. The third-order valence-corrected chi connectivity index (χ3v) is 5.18. The predicted molar refractivity (Wildman–Crippen MR) is 119 cm³/mol. The highest BCUT2D eigenvalue weighted by atomic mass is 19.4. The third-order valence-electron chi connectivity index (χ3n) is 5.18. The number of carboxylic acids is 1. The third kappa shape index (κ3) is 6.26. The average Bonchev–Trinajstić information content (AvgIpc) is 2.81. The molecule has 3 aromatic rings. The van der Waals surface area contributed by atoms with E-state index in [9.17, 15) is 22.4 Å². The van der Waals surface area contributed by atoms with Crippen LogP contribution in [0.4, 0.5) is 17.6 Å². The Bertz CT molecular complexity index is 1160. The minimum absolute atomic E-state index is 0.0399. The number of hydrogen-bond acceptors (Lipinski definition) is 4. The van der Waals surface area contributed by atoms with E-state index in [1.807, 2.05) is 31.2 Å². The molecule has 0 heterocycles. The minimum atomic E-state index is -4.65. The van der Waals surface area contributed by atoms with Gasteiger partial charge in [0.05, 0.1) is 18.2 Å². The van der Waals surface area contributed by atoms with Gasteiger partial charge in [-0.1, -0.05) is 18.2 Å². The molecule has 0 aliphatic heterocycles. The first kappa shape index (κ1) is 25.0. The van der Waals surface area contributed by atoms with E-state index >= 15 is 0 Å². The van der Waals surface area contributed by atoms with Crippen molar-refractivity contribution in [2.45, 2.75) is 19.1 Å². The fraction of sp³-hybridized carbons (Fsp3) is 0.240. The first-order chi connectivity index (χ1) is 16.1. The van der Waals surface area contributed by atoms with E-state index in [-0.39, 0.29) is 29.5 Å². The molecule has 0 radical (unpaired) electrons. The Labute approximate surface area is 193 Å². The number of alkyl halides is 3. The lowest BCUT2D eigenvalue weighted by Gasteiger charge is -2.17. The van der Waals surface area contributed by atoms with E-state index in [1.165, 1.54) is 12.1 Å². The molecule has 34 heavy (non-hydrogen) atoms. The minimum Gasteiger partial charge on any atom is -0.497 e. The molecule has 3 rings (SSSR count). The summed E-state index contributed by atoms with van der Waals surface area (Å²) in [7, 11) is 1.57. The van der Waals surface area contributed by atoms with Crippen molar-refractivity contribution in [2.75, 3.05) is 20.3 Å². The van der Waals surface area contributed by atoms with Crippen LogP contribution < -0.4 is 14.8 Å². The molecule has 0 saturated carbocycles. The molecule has 1 unspecified atom stereocenters. The van der Waals surface area contributed by atoms with E-state index in [4.69, 9.17) is 14.6 Å². The summed E-state index contributed by atoms with van der Waals surface area (Å²) in [6.45, 7) is 2.37. The summed E-state index contributed by atoms with van der Waals surface area (Å²) in [5.41, 5.74) is -0.428. The Morgan fingerprint density at radius 1 is 1.03 bits per heavy atom. The number of halogens is 4. The number of nitrogens with one attached hydrogen (secondary N) is 1. The van der Waals surface area contributed by atoms with Crippen LogP contribution in [0.3, 0.4) is 0 Å². The van der Waals surface area contributed by atoms with Crippen LogP contribution in [-0.4, -0.2) is 31.3 Å². The topological polar surface area (TPSA) is 67.8 Å². The maximum atomic E-state index is 13.7. The first-order valence-corrected chi connectivity index (χ1v) is 10.3. The van der Waals surface area contributed by atoms with Crippen molar-refractivity contribution in [2.24, 2.45) is 0 Å². The molecule has 5 nitrogen and oxygen atoms in total. The summed E-state index contributed by atoms with van der Waals surface area (Å²) < 4.78 is 64.8. The molecule has 0 spiro atoms. The highest BCUT2D eigenvalue weighted by molar-refractivity contribution is 5.89. The van der Waals surface area contributed by atoms with Crippen LogP contribution >= 0.6 is 0 Å². The van der Waals surface area contributed by atoms with Crippen LogP contribution in [0.1, 0.15) is 34.5 Å². The molecular weight excluding hydrogens is 454 g/mol. The van der Waals surface area contributed by atoms with E-state index in [1.54, 1.807) is 7.11 Å². The van der Waals surface area contributed by atoms with Gasteiger partial charge in [-0.3, -0.25) is 0 Å². The van der Waals surface area contributed by atoms with Gasteiger partial charge in [0.2, 0.25) is 0 Å². The van der Waals surface area contributed by atoms with Crippen LogP contribution in [0, 0.1) is 5.82 Å². The number of aromatic carboxylic acids is 1. The molecule has 0 bridgehead atoms. The van der Waals surface area contributed by atoms with Crippen molar-refractivity contribution in [3.8, 4) is 22.6 Å². The van der Waals surface area contributed by atoms with Gasteiger partial charge in [0.15, 0.2) is 0 Å². The Balaban J connectivity index is 1.75. The van der Waals surface area contributed by atoms with Crippen LogP contribution in [0.2, 0.25) is 0 Å². The number of ether oxygens (including phenoxy) is 2. The molecule has 1 atom stereocenters. The van der Waals surface area contributed by atoms with Crippen molar-refractivity contribution >= 4 is 5.97 Å². The van der Waals surface area contributed by atoms with Gasteiger partial charge in [0.1, 0.15) is 23.9 Å². The lowest BCUT2D eigenvalue weighted by molar-refractivity contribution is -0.137. The van der Waals surface area contributed by atoms with E-state index in [0.29, 0.717) is 12.3 Å². The number of benzene rings is 3. The molecule has 9 heteroatoms. The van der Waals surface area contributed by atoms with Gasteiger partial charge in [-0.2, -0.15) is 13.2 Å². The molecule has 0 saturated heterocycles. The standard InChI is InChI=1S/C25H23F4NO4/c1-15(16-4-3-5-20(11-16)33-2)30-8-9-34-21-12-18(10-19(14-21)25(27,28)29)17-6-7-23(26)22(13-17)24(31)32/h3-7,10-15,30H,8-9H2,1-2H3,(H,31,32). The number of carbonyl (C=O) groups is 1. The van der Waals surface area contributed by atoms with Crippen molar-refractivity contribution in [1.29, 1.82) is 0 Å². The van der Waals surface area contributed by atoms with E-state index in [2.05, 4.69) is 5.32 Å². The van der Waals surface area contributed by atoms with Crippen molar-refractivity contribution < 1.29 is 36.9 Å². The average molecular weight is 477 g/mol. The quantitative estimate of drug-likeness (QED) is 0.295. The largest absolute Gasteiger partial charge is 0.497 e. The Morgan fingerprint density at radius 3 is 2.47 bits per heavy atom. The number of methoxy groups -OCH3 is 1. The zero-order chi connectivity index (χ0) is 24.9. The van der Waals surface area contributed by atoms with Crippen molar-refractivity contribution in [3.63, 3.8) is 0 Å². The highest BCUT2D eigenvalue weighted by Crippen LogP contribution is 2.36. The number of hydrogen-bond donors (Lipinski definition) is 2. The lowest BCUT2D eigenvalue weighted by Crippen LogP contribution is -2.24. The SMILES string of the molecule is COc1cccc(C(C)NCCOc2cc(-c3ccc(F)c(C(=O)O)c3)cc(C(F)(F)F)c2)c1. The summed E-state index contributed by atoms with van der Waals surface area (Å²) in [5, 5.41) is 12.3. The monoisotopic (exact) mass is 477 g/mol. The Kier molecular flexibility index (Phi) is 7.78. The van der Waals surface area contributed by atoms with E-state index < -0.39 is 29.1 Å². The van der Waals surface area contributed by atoms with Crippen LogP contribution in [0.5, 0.6) is 11.5 Å². The molecule has 0 fully saturated rings. The van der Waals surface area contributed by atoms with Gasteiger partial charge < -0.3 is 19.9 Å². The molecule has 2 N–H and O–H groups in total. The number of rotatable bonds is 9. The van der Waals surface area contributed by atoms with Gasteiger partial charge in [0, 0.05) is 12.6 Å². The normalized spacial score (nSPS) is 12.3. The number of carboxylic acid groups (broad SMARTS) is 1. The van der Waals surface area contributed by atoms with Crippen LogP contribution in [0.15, 0.2) is 60.7 Å². The molecule has 180 valence electrons. The first-order valence-electron chi connectivity index (χ1n) is 10.3. The molecule has 3 aromatic carbocycles. The second-order valence-electron chi connectivity index (χ2n) is 7.54. The van der Waals surface area contributed by atoms with Gasteiger partial charge in [0.25, 0.3) is 0 Å². The lowest BCUT2D eigenvalue weighted by atomic mass is 10.00. The summed E-state index contributed by atoms with van der Waals surface area (Å²) in [4.78, 5) is 11.2. The van der Waals surface area contributed by atoms with Gasteiger partial charge in [-0.05, 0) is 66.1 Å². The van der Waals surface area contributed by atoms with Crippen molar-refractivity contribution in [3.05, 3.63) is 83.2 Å². The van der Waals surface area contributed by atoms with Gasteiger partial charge in [-0.15, -0.1) is 0 Å². The maximum absolute atomic E-state index is 13.7. The summed E-state index contributed by atoms with van der Waals surface area (Å²) in [6, 6.07) is 13.7. The van der Waals surface area contributed by atoms with Crippen molar-refractivity contribution in [1.82, 2.24) is 5.32 Å². The smallest absolute Gasteiger partial charge is 0.416 e. The Hall–Kier alpha value is -3.59. The summed E-state index contributed by atoms with van der Waals surface area (Å²) in [5.74, 6) is -1.82. The molecule has 0 amide bonds. The summed E-state index contributed by atoms with van der Waals surface area (Å²) in [6.07, 6.45) is -4.65. The predicted octanol–water partition coefficient (Wildman–Crippen LogP) is 5.95. The summed E-state index contributed by atoms with van der Waals surface area (Å²) >= 11 is 0. The molecule has 0 aliphatic rings. The maximum Gasteiger partial charge on any atom is 0.416 e. The Morgan fingerprint density at radius 2 is 1.79 bits per heavy atom. The molecular formula is C25H23F4NO4. The zero-order valence-corrected chi connectivity index (χ0v) is 18.4. The van der Waals surface area contributed by atoms with Gasteiger partial charge in [-0.25, -0.2) is 9.18 Å². The zero-order valence-electron chi connectivity index (χ0n) is 18.4. The molecule has 0 aromatic heterocycles. The highest BCUT2D eigenvalue weighted by Gasteiger charge is 2.31. The van der Waals surface area contributed by atoms with Crippen LogP contribution in [-0.2, 0) is 6.18 Å². The van der Waals surface area contributed by atoms with Crippen LogP contribution in [0.25, 0.3) is 11.1 Å².